The van der Waals surface area contributed by atoms with Crippen LogP contribution in [-0.4, -0.2) is 67.2 Å². The molecule has 132 valence electrons. The van der Waals surface area contributed by atoms with Gasteiger partial charge in [0, 0.05) is 43.3 Å². The third-order valence-electron chi connectivity index (χ3n) is 3.99. The molecule has 2 atom stereocenters. The summed E-state index contributed by atoms with van der Waals surface area (Å²) in [5.41, 5.74) is -0.540. The number of hydrogen-bond acceptors (Lipinski definition) is 5. The molecule has 0 radical (unpaired) electrons. The molecular weight excluding hydrogens is 344 g/mol. The second kappa shape index (κ2) is 6.47. The number of nitrogens with zero attached hydrogens (tertiary/aromatic N) is 2. The Morgan fingerprint density at radius 1 is 1.35 bits per heavy atom. The van der Waals surface area contributed by atoms with E-state index >= 15 is 0 Å². The van der Waals surface area contributed by atoms with E-state index in [1.807, 2.05) is 20.8 Å². The zero-order valence-corrected chi connectivity index (χ0v) is 15.2. The molecular formula is C14H23ClN2O5S. The Morgan fingerprint density at radius 2 is 2.00 bits per heavy atom. The van der Waals surface area contributed by atoms with Crippen LogP contribution in [0.4, 0.5) is 4.79 Å². The summed E-state index contributed by atoms with van der Waals surface area (Å²) in [6, 6.07) is 0. The van der Waals surface area contributed by atoms with Crippen molar-refractivity contribution in [3.05, 3.63) is 0 Å². The largest absolute Gasteiger partial charge is 0.444 e. The van der Waals surface area contributed by atoms with E-state index in [0.29, 0.717) is 19.6 Å². The van der Waals surface area contributed by atoms with Crippen molar-refractivity contribution in [1.29, 1.82) is 0 Å². The van der Waals surface area contributed by atoms with Gasteiger partial charge in [0.25, 0.3) is 0 Å². The van der Waals surface area contributed by atoms with Gasteiger partial charge in [0.1, 0.15) is 10.9 Å². The van der Waals surface area contributed by atoms with Crippen LogP contribution in [0, 0.1) is 5.92 Å². The van der Waals surface area contributed by atoms with E-state index < -0.39 is 19.9 Å². The SMILES string of the molecule is CC(C)(C)OC(=O)N1CCC(CN2CC(S(=O)(=O)Cl)CC2=O)C1. The highest BCUT2D eigenvalue weighted by Crippen LogP contribution is 2.25. The maximum Gasteiger partial charge on any atom is 0.410 e. The normalized spacial score (nSPS) is 26.0. The second-order valence-corrected chi connectivity index (χ2v) is 10.1. The van der Waals surface area contributed by atoms with Crippen molar-refractivity contribution in [2.75, 3.05) is 26.2 Å². The van der Waals surface area contributed by atoms with Crippen LogP contribution in [0.2, 0.25) is 0 Å². The molecule has 9 heteroatoms. The molecule has 0 bridgehead atoms. The summed E-state index contributed by atoms with van der Waals surface area (Å²) in [5.74, 6) is -0.0711. The third-order valence-corrected chi connectivity index (χ3v) is 5.86. The summed E-state index contributed by atoms with van der Waals surface area (Å²) in [6.07, 6.45) is 0.351. The lowest BCUT2D eigenvalue weighted by molar-refractivity contribution is -0.128. The summed E-state index contributed by atoms with van der Waals surface area (Å²) in [4.78, 5) is 27.1. The minimum absolute atomic E-state index is 0.0612. The number of ether oxygens (including phenoxy) is 1. The first-order valence-corrected chi connectivity index (χ1v) is 10.0. The summed E-state index contributed by atoms with van der Waals surface area (Å²) in [6.45, 7) is 7.11. The zero-order valence-electron chi connectivity index (χ0n) is 13.6. The van der Waals surface area contributed by atoms with Crippen molar-refractivity contribution >= 4 is 31.7 Å². The van der Waals surface area contributed by atoms with Crippen LogP contribution in [0.5, 0.6) is 0 Å². The Labute approximate surface area is 141 Å². The van der Waals surface area contributed by atoms with Crippen LogP contribution in [0.15, 0.2) is 0 Å². The topological polar surface area (TPSA) is 84.0 Å². The van der Waals surface area contributed by atoms with E-state index in [4.69, 9.17) is 15.4 Å². The fourth-order valence-corrected chi connectivity index (χ4v) is 3.94. The van der Waals surface area contributed by atoms with Gasteiger partial charge in [0.15, 0.2) is 0 Å². The highest BCUT2D eigenvalue weighted by molar-refractivity contribution is 8.14. The molecule has 2 aliphatic heterocycles. The van der Waals surface area contributed by atoms with Gasteiger partial charge in [0.2, 0.25) is 15.0 Å². The van der Waals surface area contributed by atoms with Gasteiger partial charge in [-0.2, -0.15) is 0 Å². The van der Waals surface area contributed by atoms with Gasteiger partial charge in [-0.05, 0) is 33.1 Å². The van der Waals surface area contributed by atoms with Gasteiger partial charge < -0.3 is 14.5 Å². The van der Waals surface area contributed by atoms with Crippen LogP contribution in [0.1, 0.15) is 33.6 Å². The Morgan fingerprint density at radius 3 is 2.52 bits per heavy atom. The Balaban J connectivity index is 1.86. The molecule has 0 aliphatic carbocycles. The van der Waals surface area contributed by atoms with Crippen LogP contribution in [-0.2, 0) is 18.6 Å². The molecule has 0 spiro atoms. The second-order valence-electron chi connectivity index (χ2n) is 7.18. The van der Waals surface area contributed by atoms with Crippen molar-refractivity contribution in [3.8, 4) is 0 Å². The van der Waals surface area contributed by atoms with Gasteiger partial charge in [-0.3, -0.25) is 4.79 Å². The molecule has 0 aromatic heterocycles. The van der Waals surface area contributed by atoms with Crippen molar-refractivity contribution in [3.63, 3.8) is 0 Å². The van der Waals surface area contributed by atoms with Crippen LogP contribution in [0.3, 0.4) is 0 Å². The van der Waals surface area contributed by atoms with Gasteiger partial charge in [0.05, 0.1) is 0 Å². The molecule has 2 fully saturated rings. The average Bonchev–Trinajstić information content (AvgIpc) is 2.95. The minimum atomic E-state index is -3.72. The van der Waals surface area contributed by atoms with Crippen molar-refractivity contribution < 1.29 is 22.7 Å². The van der Waals surface area contributed by atoms with Crippen LogP contribution < -0.4 is 0 Å². The molecule has 0 aromatic carbocycles. The van der Waals surface area contributed by atoms with E-state index in [0.717, 1.165) is 6.42 Å². The lowest BCUT2D eigenvalue weighted by Gasteiger charge is -2.25. The molecule has 23 heavy (non-hydrogen) atoms. The molecule has 0 aromatic rings. The number of carbonyl (C=O) groups excluding carboxylic acids is 2. The first-order chi connectivity index (χ1) is 10.5. The maximum atomic E-state index is 12.0. The van der Waals surface area contributed by atoms with Crippen LogP contribution in [0.25, 0.3) is 0 Å². The number of halogens is 1. The minimum Gasteiger partial charge on any atom is -0.444 e. The highest BCUT2D eigenvalue weighted by Gasteiger charge is 2.39. The number of hydrogen-bond donors (Lipinski definition) is 0. The summed E-state index contributed by atoms with van der Waals surface area (Å²) < 4.78 is 28.0. The Kier molecular flexibility index (Phi) is 5.15. The number of likely N-dealkylation sites (tertiary alicyclic amines) is 2. The lowest BCUT2D eigenvalue weighted by Crippen LogP contribution is -2.37. The molecule has 2 unspecified atom stereocenters. The summed E-state index contributed by atoms with van der Waals surface area (Å²) in [7, 11) is 1.62. The highest BCUT2D eigenvalue weighted by atomic mass is 35.7. The standard InChI is InChI=1S/C14H23ClN2O5S/c1-14(2,3)22-13(19)16-5-4-10(7-16)8-17-9-11(6-12(17)18)23(15,20)21/h10-11H,4-9H2,1-3H3. The first-order valence-electron chi connectivity index (χ1n) is 7.65. The van der Waals surface area contributed by atoms with E-state index in [9.17, 15) is 18.0 Å². The van der Waals surface area contributed by atoms with E-state index in [-0.39, 0.29) is 30.9 Å². The Bertz CT molecular complexity index is 586. The monoisotopic (exact) mass is 366 g/mol. The smallest absolute Gasteiger partial charge is 0.410 e. The molecule has 2 rings (SSSR count). The van der Waals surface area contributed by atoms with Crippen LogP contribution >= 0.6 is 10.7 Å². The lowest BCUT2D eigenvalue weighted by atomic mass is 10.1. The van der Waals surface area contributed by atoms with E-state index in [1.54, 1.807) is 4.90 Å². The summed E-state index contributed by atoms with van der Waals surface area (Å²) in [5, 5.41) is -0.833. The van der Waals surface area contributed by atoms with Gasteiger partial charge in [-0.15, -0.1) is 0 Å². The van der Waals surface area contributed by atoms with Crippen molar-refractivity contribution in [1.82, 2.24) is 9.80 Å². The van der Waals surface area contributed by atoms with Gasteiger partial charge in [-0.1, -0.05) is 0 Å². The molecule has 2 saturated heterocycles. The number of rotatable bonds is 3. The molecule has 2 amide bonds. The fraction of sp³-hybridized carbons (Fsp3) is 0.857. The molecule has 0 N–H and O–H groups in total. The molecule has 2 aliphatic rings. The van der Waals surface area contributed by atoms with Gasteiger partial charge in [-0.25, -0.2) is 13.2 Å². The first kappa shape index (κ1) is 18.3. The van der Waals surface area contributed by atoms with Crippen molar-refractivity contribution in [2.24, 2.45) is 5.92 Å². The predicted molar refractivity (Wildman–Crippen MR) is 85.7 cm³/mol. The Hall–Kier alpha value is -1.02. The number of amides is 2. The average molecular weight is 367 g/mol. The quantitative estimate of drug-likeness (QED) is 0.705. The molecule has 2 heterocycles. The van der Waals surface area contributed by atoms with Gasteiger partial charge >= 0.3 is 6.09 Å². The molecule has 0 saturated carbocycles. The molecule has 7 nitrogen and oxygen atoms in total. The number of carbonyl (C=O) groups is 2. The third kappa shape index (κ3) is 4.97. The fourth-order valence-electron chi connectivity index (χ4n) is 2.89. The van der Waals surface area contributed by atoms with Crippen molar-refractivity contribution in [2.45, 2.75) is 44.5 Å². The predicted octanol–water partition coefficient (Wildman–Crippen LogP) is 1.41. The maximum absolute atomic E-state index is 12.0. The van der Waals surface area contributed by atoms with E-state index in [1.165, 1.54) is 4.90 Å². The summed E-state index contributed by atoms with van der Waals surface area (Å²) >= 11 is 0. The van der Waals surface area contributed by atoms with E-state index in [2.05, 4.69) is 0 Å². The zero-order chi connectivity index (χ0) is 17.4.